The minimum absolute atomic E-state index is 0. The van der Waals surface area contributed by atoms with Crippen molar-refractivity contribution in [2.24, 2.45) is 0 Å². The Morgan fingerprint density at radius 2 is 1.83 bits per heavy atom. The summed E-state index contributed by atoms with van der Waals surface area (Å²) in [5.41, 5.74) is 0. The molecule has 1 aromatic rings. The normalized spacial score (nSPS) is 8.00. The first kappa shape index (κ1) is 11.4. The second kappa shape index (κ2) is 5.94. The van der Waals surface area contributed by atoms with E-state index in [-0.39, 0.29) is 35.8 Å². The van der Waals surface area contributed by atoms with Gasteiger partial charge in [-0.3, -0.25) is 4.79 Å². The molecule has 0 aliphatic heterocycles. The second-order valence-corrected chi connectivity index (χ2v) is 1.85. The van der Waals surface area contributed by atoms with Crippen LogP contribution in [0.15, 0.2) is 30.3 Å². The molecule has 0 atom stereocenters. The van der Waals surface area contributed by atoms with Crippen molar-refractivity contribution in [3.05, 3.63) is 30.3 Å². The van der Waals surface area contributed by atoms with Crippen molar-refractivity contribution < 1.29 is 14.3 Å². The summed E-state index contributed by atoms with van der Waals surface area (Å²) in [6.07, 6.45) is 0.132. The number of hydrogen-bond acceptors (Lipinski definition) is 3. The molecule has 0 heterocycles. The van der Waals surface area contributed by atoms with Crippen LogP contribution in [0.4, 0.5) is 0 Å². The predicted molar refractivity (Wildman–Crippen MR) is 45.3 cm³/mol. The molecule has 0 spiro atoms. The van der Waals surface area contributed by atoms with Gasteiger partial charge in [0.15, 0.2) is 0 Å². The molecule has 0 radical (unpaired) electrons. The molecule has 58 valence electrons. The molecule has 0 saturated carbocycles. The summed E-state index contributed by atoms with van der Waals surface area (Å²) < 4.78 is 4.56. The third-order valence-corrected chi connectivity index (χ3v) is 1.06. The van der Waals surface area contributed by atoms with Crippen LogP contribution >= 0.6 is 0 Å². The van der Waals surface area contributed by atoms with Crippen LogP contribution in [0.1, 0.15) is 0 Å². The summed E-state index contributed by atoms with van der Waals surface area (Å²) in [6.45, 7) is 0. The van der Waals surface area contributed by atoms with Gasteiger partial charge in [0.2, 0.25) is 6.29 Å². The summed E-state index contributed by atoms with van der Waals surface area (Å²) in [4.78, 5) is 20.2. The number of rotatable bonds is 2. The monoisotopic (exact) mass is 174 g/mol. The van der Waals surface area contributed by atoms with Gasteiger partial charge >= 0.3 is 35.5 Å². The maximum absolute atomic E-state index is 10.4. The van der Waals surface area contributed by atoms with Gasteiger partial charge in [-0.25, -0.2) is 4.79 Å². The summed E-state index contributed by atoms with van der Waals surface area (Å²) in [5, 5.41) is 0. The van der Waals surface area contributed by atoms with Crippen LogP contribution in [0, 0.1) is 0 Å². The molecular formula is C8H7NaO3. The Balaban J connectivity index is 0.00000121. The van der Waals surface area contributed by atoms with E-state index in [4.69, 9.17) is 0 Å². The Morgan fingerprint density at radius 3 is 2.33 bits per heavy atom. The van der Waals surface area contributed by atoms with E-state index in [0.29, 0.717) is 5.75 Å². The van der Waals surface area contributed by atoms with E-state index in [9.17, 15) is 9.59 Å². The number of carbonyl (C=O) groups excluding carboxylic acids is 2. The Morgan fingerprint density at radius 1 is 1.25 bits per heavy atom. The van der Waals surface area contributed by atoms with E-state index in [1.165, 1.54) is 0 Å². The summed E-state index contributed by atoms with van der Waals surface area (Å²) >= 11 is 0. The molecular weight excluding hydrogens is 167 g/mol. The standard InChI is InChI=1S/C8H6O3.Na.H/c9-6-8(10)11-7-4-2-1-3-5-7;;/h1-6H;;. The van der Waals surface area contributed by atoms with Gasteiger partial charge < -0.3 is 4.74 Å². The number of aldehydes is 1. The van der Waals surface area contributed by atoms with Gasteiger partial charge in [-0.05, 0) is 12.1 Å². The maximum atomic E-state index is 10.4. The zero-order chi connectivity index (χ0) is 8.10. The second-order valence-electron chi connectivity index (χ2n) is 1.85. The van der Waals surface area contributed by atoms with Crippen LogP contribution in [0.3, 0.4) is 0 Å². The molecule has 0 fully saturated rings. The van der Waals surface area contributed by atoms with Gasteiger partial charge in [0, 0.05) is 0 Å². The van der Waals surface area contributed by atoms with Crippen LogP contribution in [0.2, 0.25) is 0 Å². The zero-order valence-corrected chi connectivity index (χ0v) is 5.69. The van der Waals surface area contributed by atoms with Crippen LogP contribution in [0.25, 0.3) is 0 Å². The van der Waals surface area contributed by atoms with Crippen LogP contribution < -0.4 is 4.74 Å². The Hall–Kier alpha value is -0.640. The van der Waals surface area contributed by atoms with Crippen molar-refractivity contribution in [1.82, 2.24) is 0 Å². The molecule has 0 unspecified atom stereocenters. The molecule has 0 saturated heterocycles. The first-order valence-electron chi connectivity index (χ1n) is 3.05. The van der Waals surface area contributed by atoms with Crippen molar-refractivity contribution in [3.8, 4) is 5.75 Å². The third kappa shape index (κ3) is 3.67. The number of ether oxygens (including phenoxy) is 1. The van der Waals surface area contributed by atoms with Gasteiger partial charge in [0.1, 0.15) is 5.75 Å². The molecule has 0 aromatic heterocycles. The van der Waals surface area contributed by atoms with Crippen LogP contribution in [-0.2, 0) is 9.59 Å². The number of para-hydroxylation sites is 1. The molecule has 12 heavy (non-hydrogen) atoms. The first-order valence-corrected chi connectivity index (χ1v) is 3.05. The van der Waals surface area contributed by atoms with Crippen LogP contribution in [-0.4, -0.2) is 41.8 Å². The fourth-order valence-electron chi connectivity index (χ4n) is 0.629. The van der Waals surface area contributed by atoms with Gasteiger partial charge in [-0.2, -0.15) is 0 Å². The van der Waals surface area contributed by atoms with E-state index < -0.39 is 5.97 Å². The fourth-order valence-corrected chi connectivity index (χ4v) is 0.629. The molecule has 4 heteroatoms. The average Bonchev–Trinajstić information content (AvgIpc) is 2.06. The van der Waals surface area contributed by atoms with Gasteiger partial charge in [0.25, 0.3) is 0 Å². The Labute approximate surface area is 92.0 Å². The fraction of sp³-hybridized carbons (Fsp3) is 0. The first-order chi connectivity index (χ1) is 5.33. The quantitative estimate of drug-likeness (QED) is 0.210. The van der Waals surface area contributed by atoms with Crippen molar-refractivity contribution in [3.63, 3.8) is 0 Å². The number of benzene rings is 1. The SMILES string of the molecule is O=CC(=O)Oc1ccccc1.[NaH]. The van der Waals surface area contributed by atoms with Gasteiger partial charge in [-0.1, -0.05) is 18.2 Å². The number of carbonyl (C=O) groups is 2. The van der Waals surface area contributed by atoms with E-state index in [1.807, 2.05) is 0 Å². The Kier molecular flexibility index (Phi) is 5.62. The topological polar surface area (TPSA) is 43.4 Å². The van der Waals surface area contributed by atoms with Crippen molar-refractivity contribution >= 4 is 41.8 Å². The Bertz CT molecular complexity index is 258. The average molecular weight is 174 g/mol. The van der Waals surface area contributed by atoms with Crippen molar-refractivity contribution in [2.45, 2.75) is 0 Å². The van der Waals surface area contributed by atoms with Crippen molar-refractivity contribution in [1.29, 1.82) is 0 Å². The summed E-state index contributed by atoms with van der Waals surface area (Å²) in [6, 6.07) is 8.42. The molecule has 0 aliphatic rings. The molecule has 3 nitrogen and oxygen atoms in total. The molecule has 1 rings (SSSR count). The molecule has 0 aliphatic carbocycles. The predicted octanol–water partition coefficient (Wildman–Crippen LogP) is 0.142. The number of hydrogen-bond donors (Lipinski definition) is 0. The number of esters is 1. The summed E-state index contributed by atoms with van der Waals surface area (Å²) in [7, 11) is 0. The molecule has 1 aromatic carbocycles. The van der Waals surface area contributed by atoms with E-state index in [1.54, 1.807) is 30.3 Å². The van der Waals surface area contributed by atoms with Gasteiger partial charge in [-0.15, -0.1) is 0 Å². The molecule has 0 amide bonds. The summed E-state index contributed by atoms with van der Waals surface area (Å²) in [5.74, 6) is -0.499. The zero-order valence-electron chi connectivity index (χ0n) is 5.69. The van der Waals surface area contributed by atoms with E-state index in [2.05, 4.69) is 4.74 Å². The van der Waals surface area contributed by atoms with Crippen molar-refractivity contribution in [2.75, 3.05) is 0 Å². The molecule has 0 N–H and O–H groups in total. The third-order valence-electron chi connectivity index (χ3n) is 1.06. The van der Waals surface area contributed by atoms with Gasteiger partial charge in [0.05, 0.1) is 0 Å². The van der Waals surface area contributed by atoms with Crippen LogP contribution in [0.5, 0.6) is 5.75 Å². The van der Waals surface area contributed by atoms with E-state index in [0.717, 1.165) is 0 Å². The minimum atomic E-state index is -0.879. The van der Waals surface area contributed by atoms with E-state index >= 15 is 0 Å². The molecule has 0 bridgehead atoms.